The minimum absolute atomic E-state index is 0.155. The quantitative estimate of drug-likeness (QED) is 0.826. The Morgan fingerprint density at radius 3 is 2.59 bits per heavy atom. The third-order valence-corrected chi connectivity index (χ3v) is 2.82. The molecule has 0 aliphatic rings. The van der Waals surface area contributed by atoms with Crippen LogP contribution in [0.15, 0.2) is 6.33 Å². The highest BCUT2D eigenvalue weighted by Crippen LogP contribution is 2.22. The molecule has 4 heteroatoms. The minimum Gasteiger partial charge on any atom is -0.474 e. The van der Waals surface area contributed by atoms with Gasteiger partial charge in [-0.3, -0.25) is 0 Å². The lowest BCUT2D eigenvalue weighted by atomic mass is 10.1. The van der Waals surface area contributed by atoms with Crippen LogP contribution in [0.1, 0.15) is 39.7 Å². The van der Waals surface area contributed by atoms with Crippen LogP contribution in [0, 0.1) is 12.8 Å². The van der Waals surface area contributed by atoms with Crippen molar-refractivity contribution in [3.63, 3.8) is 0 Å². The van der Waals surface area contributed by atoms with E-state index in [1.165, 1.54) is 0 Å². The Labute approximate surface area is 104 Å². The second-order valence-electron chi connectivity index (χ2n) is 4.65. The van der Waals surface area contributed by atoms with Gasteiger partial charge in [0.1, 0.15) is 12.1 Å². The number of hydrogen-bond donors (Lipinski definition) is 1. The van der Waals surface area contributed by atoms with Crippen molar-refractivity contribution in [3.05, 3.63) is 11.9 Å². The van der Waals surface area contributed by atoms with Gasteiger partial charge < -0.3 is 10.1 Å². The fourth-order valence-corrected chi connectivity index (χ4v) is 1.29. The van der Waals surface area contributed by atoms with E-state index in [2.05, 4.69) is 43.0 Å². The number of aromatic nitrogens is 2. The van der Waals surface area contributed by atoms with Gasteiger partial charge in [-0.1, -0.05) is 20.8 Å². The molecule has 0 fully saturated rings. The zero-order chi connectivity index (χ0) is 12.8. The van der Waals surface area contributed by atoms with Gasteiger partial charge in [0.05, 0.1) is 11.7 Å². The zero-order valence-electron chi connectivity index (χ0n) is 11.4. The molecule has 0 radical (unpaired) electrons. The summed E-state index contributed by atoms with van der Waals surface area (Å²) >= 11 is 0. The van der Waals surface area contributed by atoms with E-state index in [1.54, 1.807) is 6.33 Å². The Balaban J connectivity index is 2.79. The maximum absolute atomic E-state index is 5.84. The van der Waals surface area contributed by atoms with Crippen molar-refractivity contribution in [2.75, 3.05) is 11.9 Å². The standard InChI is InChI=1S/C13H23N3O/c1-6-7-14-12-10(4)13(16-8-15-12)17-11(5)9(2)3/h8-9,11H,6-7H2,1-5H3,(H,14,15,16). The molecule has 1 aromatic rings. The first-order valence-corrected chi connectivity index (χ1v) is 6.28. The zero-order valence-corrected chi connectivity index (χ0v) is 11.4. The molecule has 1 N–H and O–H groups in total. The van der Waals surface area contributed by atoms with Crippen molar-refractivity contribution < 1.29 is 4.74 Å². The molecule has 0 saturated heterocycles. The van der Waals surface area contributed by atoms with E-state index < -0.39 is 0 Å². The average Bonchev–Trinajstić information content (AvgIpc) is 2.30. The summed E-state index contributed by atoms with van der Waals surface area (Å²) in [6.07, 6.45) is 2.78. The summed E-state index contributed by atoms with van der Waals surface area (Å²) in [6, 6.07) is 0. The molecule has 1 unspecified atom stereocenters. The Morgan fingerprint density at radius 1 is 1.29 bits per heavy atom. The summed E-state index contributed by atoms with van der Waals surface area (Å²) < 4.78 is 5.84. The lowest BCUT2D eigenvalue weighted by Gasteiger charge is -2.19. The molecule has 0 aliphatic heterocycles. The minimum atomic E-state index is 0.155. The monoisotopic (exact) mass is 237 g/mol. The van der Waals surface area contributed by atoms with Crippen LogP contribution in [0.25, 0.3) is 0 Å². The third-order valence-electron chi connectivity index (χ3n) is 2.82. The van der Waals surface area contributed by atoms with Crippen LogP contribution in [-0.2, 0) is 0 Å². The normalized spacial score (nSPS) is 12.6. The number of nitrogens with zero attached hydrogens (tertiary/aromatic N) is 2. The van der Waals surface area contributed by atoms with Gasteiger partial charge in [0.15, 0.2) is 0 Å². The molecule has 17 heavy (non-hydrogen) atoms. The summed E-state index contributed by atoms with van der Waals surface area (Å²) in [4.78, 5) is 8.42. The molecule has 96 valence electrons. The van der Waals surface area contributed by atoms with Gasteiger partial charge in [0, 0.05) is 6.54 Å². The highest BCUT2D eigenvalue weighted by molar-refractivity contribution is 5.47. The van der Waals surface area contributed by atoms with E-state index in [-0.39, 0.29) is 6.10 Å². The Morgan fingerprint density at radius 2 is 2.00 bits per heavy atom. The van der Waals surface area contributed by atoms with Crippen LogP contribution in [0.2, 0.25) is 0 Å². The molecule has 1 aromatic heterocycles. The first kappa shape index (κ1) is 13.7. The van der Waals surface area contributed by atoms with Crippen molar-refractivity contribution in [2.24, 2.45) is 5.92 Å². The van der Waals surface area contributed by atoms with E-state index in [0.717, 1.165) is 24.3 Å². The van der Waals surface area contributed by atoms with Crippen LogP contribution < -0.4 is 10.1 Å². The average molecular weight is 237 g/mol. The highest BCUT2D eigenvalue weighted by atomic mass is 16.5. The molecule has 0 saturated carbocycles. The first-order valence-electron chi connectivity index (χ1n) is 6.28. The van der Waals surface area contributed by atoms with Gasteiger partial charge >= 0.3 is 0 Å². The van der Waals surface area contributed by atoms with Crippen molar-refractivity contribution in [1.29, 1.82) is 0 Å². The Kier molecular flexibility index (Phi) is 5.19. The van der Waals surface area contributed by atoms with Gasteiger partial charge in [-0.15, -0.1) is 0 Å². The number of ether oxygens (including phenoxy) is 1. The number of rotatable bonds is 6. The fourth-order valence-electron chi connectivity index (χ4n) is 1.29. The molecular formula is C13H23N3O. The molecule has 1 heterocycles. The van der Waals surface area contributed by atoms with E-state index in [1.807, 2.05) is 6.92 Å². The number of anilines is 1. The highest BCUT2D eigenvalue weighted by Gasteiger charge is 2.13. The van der Waals surface area contributed by atoms with E-state index in [4.69, 9.17) is 4.74 Å². The van der Waals surface area contributed by atoms with E-state index >= 15 is 0 Å². The fraction of sp³-hybridized carbons (Fsp3) is 0.692. The van der Waals surface area contributed by atoms with Crippen LogP contribution in [-0.4, -0.2) is 22.6 Å². The second kappa shape index (κ2) is 6.42. The molecular weight excluding hydrogens is 214 g/mol. The van der Waals surface area contributed by atoms with Crippen LogP contribution in [0.3, 0.4) is 0 Å². The molecule has 4 nitrogen and oxygen atoms in total. The lowest BCUT2D eigenvalue weighted by Crippen LogP contribution is -2.20. The summed E-state index contributed by atoms with van der Waals surface area (Å²) in [5.74, 6) is 2.02. The SMILES string of the molecule is CCCNc1ncnc(OC(C)C(C)C)c1C. The van der Waals surface area contributed by atoms with Crippen molar-refractivity contribution in [3.8, 4) is 5.88 Å². The van der Waals surface area contributed by atoms with E-state index in [9.17, 15) is 0 Å². The van der Waals surface area contributed by atoms with Gasteiger partial charge in [-0.2, -0.15) is 0 Å². The predicted octanol–water partition coefficient (Wildman–Crippen LogP) is 3.03. The molecule has 0 spiro atoms. The summed E-state index contributed by atoms with van der Waals surface area (Å²) in [5, 5.41) is 3.27. The molecule has 0 aromatic carbocycles. The smallest absolute Gasteiger partial charge is 0.221 e. The summed E-state index contributed by atoms with van der Waals surface area (Å²) in [6.45, 7) is 11.4. The maximum atomic E-state index is 5.84. The van der Waals surface area contributed by atoms with Crippen LogP contribution in [0.4, 0.5) is 5.82 Å². The van der Waals surface area contributed by atoms with Crippen LogP contribution in [0.5, 0.6) is 5.88 Å². The van der Waals surface area contributed by atoms with Gasteiger partial charge in [-0.25, -0.2) is 9.97 Å². The summed E-state index contributed by atoms with van der Waals surface area (Å²) in [5.41, 5.74) is 0.980. The van der Waals surface area contributed by atoms with Gasteiger partial charge in [0.2, 0.25) is 5.88 Å². The lowest BCUT2D eigenvalue weighted by molar-refractivity contribution is 0.162. The summed E-state index contributed by atoms with van der Waals surface area (Å²) in [7, 11) is 0. The largest absolute Gasteiger partial charge is 0.474 e. The van der Waals surface area contributed by atoms with Crippen LogP contribution >= 0.6 is 0 Å². The van der Waals surface area contributed by atoms with Gasteiger partial charge in [0.25, 0.3) is 0 Å². The predicted molar refractivity (Wildman–Crippen MR) is 70.5 cm³/mol. The third kappa shape index (κ3) is 3.88. The van der Waals surface area contributed by atoms with Gasteiger partial charge in [-0.05, 0) is 26.2 Å². The van der Waals surface area contributed by atoms with Crippen molar-refractivity contribution in [2.45, 2.75) is 47.1 Å². The number of nitrogens with one attached hydrogen (secondary N) is 1. The molecule has 0 amide bonds. The molecule has 0 bridgehead atoms. The molecule has 0 aliphatic carbocycles. The molecule has 1 rings (SSSR count). The first-order chi connectivity index (χ1) is 8.06. The van der Waals surface area contributed by atoms with E-state index in [0.29, 0.717) is 11.8 Å². The maximum Gasteiger partial charge on any atom is 0.221 e. The second-order valence-corrected chi connectivity index (χ2v) is 4.65. The Hall–Kier alpha value is -1.32. The Bertz CT molecular complexity index is 353. The van der Waals surface area contributed by atoms with Crippen molar-refractivity contribution >= 4 is 5.82 Å². The molecule has 1 atom stereocenters. The van der Waals surface area contributed by atoms with Crippen molar-refractivity contribution in [1.82, 2.24) is 9.97 Å². The number of hydrogen-bond acceptors (Lipinski definition) is 4. The topological polar surface area (TPSA) is 47.0 Å².